The normalized spacial score (nSPS) is 10.8. The molecule has 2 aliphatic heterocycles. The Morgan fingerprint density at radius 1 is 0.573 bits per heavy atom. The Hall–Kier alpha value is -7.08. The van der Waals surface area contributed by atoms with Crippen molar-refractivity contribution in [2.75, 3.05) is 11.6 Å². The zero-order valence-corrected chi connectivity index (χ0v) is 92.5. The van der Waals surface area contributed by atoms with Crippen molar-refractivity contribution in [1.82, 2.24) is 47.6 Å². The number of alkyl halides is 2. The van der Waals surface area contributed by atoms with Crippen LogP contribution < -0.4 is 120 Å². The molecule has 2 aliphatic rings. The van der Waals surface area contributed by atoms with Gasteiger partial charge in [-0.1, -0.05) is 45.6 Å². The van der Waals surface area contributed by atoms with Gasteiger partial charge in [0, 0.05) is 11.5 Å². The molecule has 8 rings (SSSR count). The number of nitrogen functional groups attached to an aromatic ring is 1. The quantitative estimate of drug-likeness (QED) is 0.00701. The monoisotopic (exact) mass is 2180 g/mol. The van der Waals surface area contributed by atoms with Gasteiger partial charge in [0.15, 0.2) is 22.2 Å². The fourth-order valence-corrected chi connectivity index (χ4v) is 8.26. The van der Waals surface area contributed by atoms with Gasteiger partial charge in [0.2, 0.25) is 5.82 Å². The van der Waals surface area contributed by atoms with Gasteiger partial charge in [0.05, 0.1) is 34.0 Å². The number of amidine groups is 2. The number of fused-ring (bicyclic) bond motifs is 2. The van der Waals surface area contributed by atoms with Crippen molar-refractivity contribution < 1.29 is 215 Å². The molecule has 0 spiro atoms. The number of benzene rings is 2. The molecule has 6 heterocycles. The summed E-state index contributed by atoms with van der Waals surface area (Å²) in [7, 11) is 0. The van der Waals surface area contributed by atoms with Crippen molar-refractivity contribution in [3.8, 4) is 5.40 Å². The number of carboxylic acid groups (broad SMARTS) is 2. The van der Waals surface area contributed by atoms with Crippen LogP contribution in [0.2, 0.25) is 0 Å². The molecule has 131 heavy (non-hydrogen) atoms. The van der Waals surface area contributed by atoms with Crippen LogP contribution in [-0.4, -0.2) is 221 Å². The summed E-state index contributed by atoms with van der Waals surface area (Å²) in [6, 6.07) is 12.7. The van der Waals surface area contributed by atoms with E-state index >= 15 is 0 Å². The average molecular weight is 2180 g/mol. The number of aryl methyl sites for hydroxylation is 5. The number of ketones is 1. The van der Waals surface area contributed by atoms with Gasteiger partial charge >= 0.3 is 151 Å². The number of nitrogens with zero attached hydrogens (tertiary/aromatic N) is 11. The second kappa shape index (κ2) is 74.2. The van der Waals surface area contributed by atoms with Gasteiger partial charge < -0.3 is 84.1 Å². The zero-order chi connectivity index (χ0) is 101. The van der Waals surface area contributed by atoms with Gasteiger partial charge in [0.25, 0.3) is 23.6 Å². The van der Waals surface area contributed by atoms with E-state index in [1.54, 1.807) is 161 Å². The Bertz CT molecular complexity index is 4400. The van der Waals surface area contributed by atoms with Crippen molar-refractivity contribution in [1.29, 1.82) is 16.1 Å². The molecule has 0 aliphatic carbocycles. The molecule has 4 aromatic heterocycles. The molecule has 21 N–H and O–H groups in total. The molecule has 0 unspecified atom stereocenters. The number of nitrogens with one attached hydrogen (secondary N) is 2. The van der Waals surface area contributed by atoms with E-state index in [0.717, 1.165) is 33.2 Å². The van der Waals surface area contributed by atoms with E-state index in [2.05, 4.69) is 99.1 Å². The third kappa shape index (κ3) is 77.9. The van der Waals surface area contributed by atoms with Gasteiger partial charge in [-0.2, -0.15) is 17.5 Å². The number of thiocyanates is 1. The van der Waals surface area contributed by atoms with Gasteiger partial charge in [0.1, 0.15) is 71.3 Å². The molecular weight excluding hydrogens is 2070 g/mol. The van der Waals surface area contributed by atoms with Crippen LogP contribution in [-0.2, 0) is 88.8 Å². The minimum Gasteiger partial charge on any atom is -0.769 e. The van der Waals surface area contributed by atoms with E-state index in [9.17, 15) is 57.5 Å². The summed E-state index contributed by atoms with van der Waals surface area (Å²) in [4.78, 5) is 159. The number of halogens is 4. The number of carbonyl (C=O) groups is 12. The fourth-order valence-electron chi connectivity index (χ4n) is 6.30. The van der Waals surface area contributed by atoms with Crippen LogP contribution in [0.1, 0.15) is 237 Å². The number of hydrogen-bond donors (Lipinski definition) is 11. The van der Waals surface area contributed by atoms with E-state index < -0.39 is 124 Å². The van der Waals surface area contributed by atoms with Crippen molar-refractivity contribution in [3.63, 3.8) is 0 Å². The minimum absolute atomic E-state index is 0. The summed E-state index contributed by atoms with van der Waals surface area (Å²) in [6.07, 6.45) is -2.20. The standard InChI is InChI=1S/C16H19NO5.C10H18O5.C8H15BrO2.C8H5NO3.C8H17NO3.C5H4N2O3S.C5H6N2O2S.C4H6N2S.C3H5N3S.C2H5ClN2.C2H6N2.CHNS.ClO.ClH.K.H4N2.Na.O2Se.2H2O/c1-15(2,3)21-14(20)16(4,5)22-17-12(18)10-8-6-7-9-11(10)13(17)19;1-9(2,3)14-7(11)13-8(12)15-10(4,5)6;1-7(2,3)11-6(10)8(4,5)9;10-7-5-3-1-2-4-6(5)8(11)9(7)12;1-7(2,3)11-6(10)8(4,5)12-9;1-2-6-4(7-11-2)3(8)5(9)10;1-3-6-4(7-10-3)2-5(8)9;1-3-5-4(2)7-6-3;1-2-5-3(4)7-6-2;3-1-2(4)5;1-2(3)4;2-1-3;1-2;;;1-2;;1-3-2;;/h6-9H,1-5H3;1-6H3;1-5H3;1-4,12H;9H2,1-5H3;1H3,(H,9,10);2H2,1H3,(H,8,9);1-2H3;1H3,(H2,4,5,6);1H2,(H3,4,5);1H3,(H3,3,4);3H;;1H;;1-2H2;;;2*1H2/q;;;;;;;;;;;;-1;;+1;;+1;;;/p-1. The van der Waals surface area contributed by atoms with Crippen molar-refractivity contribution in [2.24, 2.45) is 29.0 Å². The van der Waals surface area contributed by atoms with Crippen molar-refractivity contribution >= 4 is 214 Å². The van der Waals surface area contributed by atoms with Crippen LogP contribution in [0.3, 0.4) is 0 Å². The zero-order valence-electron chi connectivity index (χ0n) is 77.6. The van der Waals surface area contributed by atoms with Crippen LogP contribution in [0.5, 0.6) is 0 Å². The van der Waals surface area contributed by atoms with Crippen LogP contribution in [0.15, 0.2) is 48.5 Å². The fraction of sp³-hybridized carbons (Fsp3) is 0.514. The predicted octanol–water partition coefficient (Wildman–Crippen LogP) is 2.15. The first-order chi connectivity index (χ1) is 57.3. The molecule has 47 nitrogen and oxygen atoms in total. The average Bonchev–Trinajstić information content (AvgIpc) is 1.63. The first-order valence-electron chi connectivity index (χ1n) is 35.0. The molecule has 0 fully saturated rings. The van der Waals surface area contributed by atoms with Crippen LogP contribution in [0, 0.1) is 56.1 Å². The van der Waals surface area contributed by atoms with Gasteiger partial charge in [-0.3, -0.25) is 66.1 Å². The van der Waals surface area contributed by atoms with E-state index in [1.165, 1.54) is 72.9 Å². The van der Waals surface area contributed by atoms with E-state index in [0.29, 0.717) is 21.0 Å². The van der Waals surface area contributed by atoms with Crippen molar-refractivity contribution in [3.05, 3.63) is 109 Å². The SMILES string of the molecule is CC(=N)N.CC(C)(C)OC(=O)C(C)(C)Br.CC(C)(C)OC(=O)C(C)(C)ON.CC(C)(C)OC(=O)C(C)(C)ON1C(=O)c2ccccc2C1=O.CC(C)(C)OC(=O)OC(=O)OC(C)(C)C.Cc1nc(C(=O)C(=O)O)ns1.Cc1nc(CC(=O)O)ns1.Cc1nsc(C)n1.Cc1nsc(N)n1.Cl.N#C[S-].N=C(N)CCl.NN.O.O.O=C1c2ccccc2C(=O)N1O.O=[Se]=O.[K+].[Na+].[O-]Cl. The topological polar surface area (TPSA) is 797 Å². The van der Waals surface area contributed by atoms with Crippen LogP contribution in [0.25, 0.3) is 0 Å². The first-order valence-corrected chi connectivity index (χ1v) is 41.6. The number of nitrogens with two attached hydrogens (primary N) is 6. The smallest absolute Gasteiger partial charge is 0.769 e. The van der Waals surface area contributed by atoms with Crippen LogP contribution in [0.4, 0.5) is 14.7 Å². The van der Waals surface area contributed by atoms with E-state index in [4.69, 9.17) is 107 Å². The summed E-state index contributed by atoms with van der Waals surface area (Å²) >= 11 is 18.6. The van der Waals surface area contributed by atoms with Gasteiger partial charge in [-0.05, 0) is 246 Å². The molecule has 6 aromatic rings. The maximum atomic E-state index is 12.2. The maximum absolute atomic E-state index is 12.2. The first kappa shape index (κ1) is 149. The van der Waals surface area contributed by atoms with Crippen LogP contribution >= 0.6 is 97.9 Å². The maximum Gasteiger partial charge on any atom is 1.00 e. The Labute approximate surface area is 875 Å². The van der Waals surface area contributed by atoms with Crippen molar-refractivity contribution in [2.45, 2.75) is 237 Å². The Morgan fingerprint density at radius 3 is 1.08 bits per heavy atom. The molecule has 0 atom stereocenters. The molecule has 0 radical (unpaired) electrons. The molecule has 732 valence electrons. The second-order valence-corrected chi connectivity index (χ2v) is 36.1. The number of esters is 3. The Morgan fingerprint density at radius 2 is 0.863 bits per heavy atom. The number of Topliss-reactive ketones (excluding diaryl/α,β-unsaturated/α-hetero) is 1. The van der Waals surface area contributed by atoms with E-state index in [1.807, 2.05) is 41.5 Å². The second-order valence-electron chi connectivity index (χ2n) is 29.8. The van der Waals surface area contributed by atoms with Gasteiger partial charge in [-0.15, -0.1) is 34.1 Å². The third-order valence-corrected chi connectivity index (χ3v) is 14.1. The largest absolute Gasteiger partial charge is 1.00 e. The number of hydrazine groups is 1. The Balaban J connectivity index is -0.000000120. The number of hydroxylamine groups is 4. The number of aliphatic carboxylic acids is 2. The number of carboxylic acids is 2. The van der Waals surface area contributed by atoms with E-state index in [-0.39, 0.29) is 167 Å². The number of rotatable bonds is 11. The van der Waals surface area contributed by atoms with Gasteiger partial charge in [-0.25, -0.2) is 71.8 Å². The number of aromatic nitrogens is 8. The third-order valence-electron chi connectivity index (χ3n) is 10.9. The molecule has 59 heteroatoms. The molecule has 0 saturated carbocycles. The summed E-state index contributed by atoms with van der Waals surface area (Å²) in [5, 5.41) is 50.3. The number of nitriles is 1. The molecule has 4 amide bonds. The molecule has 2 aromatic carbocycles. The number of anilines is 1. The number of carbonyl (C=O) groups excluding carboxylic acids is 10. The number of hydrogen-bond acceptors (Lipinski definition) is 44. The Kier molecular flexibility index (Phi) is 84.7. The number of imide groups is 2. The summed E-state index contributed by atoms with van der Waals surface area (Å²) < 4.78 is 68.3. The summed E-state index contributed by atoms with van der Waals surface area (Å²) in [5.74, 6) is 7.73. The number of ether oxygens (including phenoxy) is 6. The molecule has 0 saturated heterocycles. The molecular formula is C72H115BrCl3KN19NaO28S5Se. The molecule has 0 bridgehead atoms. The number of amides is 4. The summed E-state index contributed by atoms with van der Waals surface area (Å²) in [6.45, 7) is 46.3. The predicted molar refractivity (Wildman–Crippen MR) is 484 cm³/mol. The summed E-state index contributed by atoms with van der Waals surface area (Å²) in [5.41, 5.74) is 10.1. The minimum atomic E-state index is -1.62.